The van der Waals surface area contributed by atoms with Crippen molar-refractivity contribution in [3.63, 3.8) is 0 Å². The number of hydrogen-bond donors (Lipinski definition) is 0. The molecular weight excluding hydrogens is 444 g/mol. The Kier molecular flexibility index (Phi) is 4.81. The molecule has 4 heteroatoms. The minimum Gasteiger partial charge on any atom is -0.349 e. The number of likely N-dealkylation sites (tertiary alicyclic amines) is 1. The number of rotatable bonds is 5. The molecule has 1 aliphatic heterocycles. The molecule has 4 nitrogen and oxygen atoms in total. The number of nitrogens with zero attached hydrogens (tertiary/aromatic N) is 2. The van der Waals surface area contributed by atoms with E-state index in [0.717, 1.165) is 11.3 Å². The second kappa shape index (κ2) is 8.20. The topological polar surface area (TPSA) is 40.6 Å². The smallest absolute Gasteiger partial charge is 0.235 e. The normalized spacial score (nSPS) is 23.3. The van der Waals surface area contributed by atoms with Gasteiger partial charge in [0.1, 0.15) is 6.67 Å². The molecule has 0 unspecified atom stereocenters. The van der Waals surface area contributed by atoms with Crippen molar-refractivity contribution in [2.24, 2.45) is 11.8 Å². The molecule has 176 valence electrons. The van der Waals surface area contributed by atoms with E-state index in [1.807, 2.05) is 72.8 Å². The van der Waals surface area contributed by atoms with Crippen molar-refractivity contribution in [3.8, 4) is 0 Å². The molecule has 0 radical (unpaired) electrons. The van der Waals surface area contributed by atoms with Crippen molar-refractivity contribution < 1.29 is 9.59 Å². The van der Waals surface area contributed by atoms with Crippen molar-refractivity contribution in [1.82, 2.24) is 4.90 Å². The number of carbonyl (C=O) groups excluding carboxylic acids is 2. The summed E-state index contributed by atoms with van der Waals surface area (Å²) in [6.07, 6.45) is 0. The van der Waals surface area contributed by atoms with Gasteiger partial charge in [0, 0.05) is 24.1 Å². The van der Waals surface area contributed by atoms with Gasteiger partial charge in [-0.15, -0.1) is 0 Å². The average Bonchev–Trinajstić information content (AvgIpc) is 3.19. The Balaban J connectivity index is 1.28. The van der Waals surface area contributed by atoms with Gasteiger partial charge in [0.05, 0.1) is 11.8 Å². The van der Waals surface area contributed by atoms with Gasteiger partial charge in [-0.25, -0.2) is 0 Å². The van der Waals surface area contributed by atoms with E-state index < -0.39 is 0 Å². The van der Waals surface area contributed by atoms with Crippen LogP contribution in [0.15, 0.2) is 109 Å². The van der Waals surface area contributed by atoms with Crippen LogP contribution in [0, 0.1) is 11.8 Å². The van der Waals surface area contributed by atoms with Crippen LogP contribution in [-0.4, -0.2) is 23.4 Å². The monoisotopic (exact) mass is 470 g/mol. The number of anilines is 1. The van der Waals surface area contributed by atoms with Gasteiger partial charge in [-0.3, -0.25) is 14.5 Å². The lowest BCUT2D eigenvalue weighted by atomic mass is 9.55. The number of carbonyl (C=O) groups is 2. The summed E-state index contributed by atoms with van der Waals surface area (Å²) >= 11 is 0. The minimum atomic E-state index is -0.346. The van der Waals surface area contributed by atoms with Crippen LogP contribution in [0.2, 0.25) is 0 Å². The van der Waals surface area contributed by atoms with E-state index >= 15 is 0 Å². The van der Waals surface area contributed by atoms with E-state index in [1.165, 1.54) is 27.2 Å². The minimum absolute atomic E-state index is 0.0435. The van der Waals surface area contributed by atoms with E-state index in [4.69, 9.17) is 0 Å². The fourth-order valence-electron chi connectivity index (χ4n) is 6.71. The quantitative estimate of drug-likeness (QED) is 0.360. The lowest BCUT2D eigenvalue weighted by molar-refractivity contribution is -0.140. The number of para-hydroxylation sites is 1. The number of imide groups is 1. The highest BCUT2D eigenvalue weighted by Crippen LogP contribution is 2.60. The van der Waals surface area contributed by atoms with Gasteiger partial charge in [-0.1, -0.05) is 97.1 Å². The van der Waals surface area contributed by atoms with Gasteiger partial charge in [0.15, 0.2) is 0 Å². The van der Waals surface area contributed by atoms with Gasteiger partial charge in [-0.05, 0) is 39.9 Å². The van der Waals surface area contributed by atoms with Crippen LogP contribution in [0.25, 0.3) is 0 Å². The number of amides is 2. The maximum atomic E-state index is 14.1. The van der Waals surface area contributed by atoms with E-state index in [-0.39, 0.29) is 42.2 Å². The van der Waals surface area contributed by atoms with Crippen molar-refractivity contribution >= 4 is 17.5 Å². The Morgan fingerprint density at radius 1 is 0.556 bits per heavy atom. The van der Waals surface area contributed by atoms with Crippen molar-refractivity contribution in [3.05, 3.63) is 137 Å². The van der Waals surface area contributed by atoms with Gasteiger partial charge in [-0.2, -0.15) is 0 Å². The van der Waals surface area contributed by atoms with Crippen LogP contribution >= 0.6 is 0 Å². The first-order chi connectivity index (χ1) is 17.7. The van der Waals surface area contributed by atoms with E-state index in [1.54, 1.807) is 0 Å². The Morgan fingerprint density at radius 2 is 0.972 bits per heavy atom. The predicted molar refractivity (Wildman–Crippen MR) is 139 cm³/mol. The molecule has 4 aliphatic rings. The second-order valence-electron chi connectivity index (χ2n) is 10.0. The number of hydrogen-bond acceptors (Lipinski definition) is 3. The predicted octanol–water partition coefficient (Wildman–Crippen LogP) is 5.54. The van der Waals surface area contributed by atoms with Crippen LogP contribution < -0.4 is 4.90 Å². The summed E-state index contributed by atoms with van der Waals surface area (Å²) in [4.78, 5) is 31.8. The summed E-state index contributed by atoms with van der Waals surface area (Å²) in [5, 5.41) is 0. The van der Waals surface area contributed by atoms with Gasteiger partial charge in [0.25, 0.3) is 0 Å². The Morgan fingerprint density at radius 3 is 1.44 bits per heavy atom. The third-order valence-corrected chi connectivity index (χ3v) is 8.19. The summed E-state index contributed by atoms with van der Waals surface area (Å²) in [5.74, 6) is -0.930. The summed E-state index contributed by atoms with van der Waals surface area (Å²) in [6.45, 7) is 0.861. The molecule has 1 saturated heterocycles. The maximum absolute atomic E-state index is 14.1. The first kappa shape index (κ1) is 21.1. The highest BCUT2D eigenvalue weighted by atomic mass is 16.2. The summed E-state index contributed by atoms with van der Waals surface area (Å²) < 4.78 is 0. The summed E-state index contributed by atoms with van der Waals surface area (Å²) in [5.41, 5.74) is 6.94. The molecule has 4 aromatic carbocycles. The van der Waals surface area contributed by atoms with Gasteiger partial charge < -0.3 is 4.90 Å². The van der Waals surface area contributed by atoms with Crippen LogP contribution in [0.3, 0.4) is 0 Å². The zero-order chi connectivity index (χ0) is 24.2. The SMILES string of the molecule is O=C1[C@@H]2C3c4ccccc4C(c4ccccc43)[C@@H]2C(=O)N1CN(Cc1ccccc1)c1ccccc1. The van der Waals surface area contributed by atoms with E-state index in [0.29, 0.717) is 6.54 Å². The summed E-state index contributed by atoms with van der Waals surface area (Å²) in [7, 11) is 0. The highest BCUT2D eigenvalue weighted by molar-refractivity contribution is 6.07. The van der Waals surface area contributed by atoms with Crippen LogP contribution in [-0.2, 0) is 16.1 Å². The molecule has 1 heterocycles. The maximum Gasteiger partial charge on any atom is 0.235 e. The molecule has 2 atom stereocenters. The average molecular weight is 471 g/mol. The Hall–Kier alpha value is -4.18. The summed E-state index contributed by atoms with van der Waals surface area (Å²) in [6, 6.07) is 37.0. The van der Waals surface area contributed by atoms with Crippen molar-refractivity contribution in [2.75, 3.05) is 11.6 Å². The molecular formula is C32H26N2O2. The molecule has 0 spiro atoms. The van der Waals surface area contributed by atoms with Gasteiger partial charge >= 0.3 is 0 Å². The second-order valence-corrected chi connectivity index (χ2v) is 10.0. The molecule has 8 rings (SSSR count). The molecule has 3 aliphatic carbocycles. The van der Waals surface area contributed by atoms with Crippen molar-refractivity contribution in [1.29, 1.82) is 0 Å². The Labute approximate surface area is 210 Å². The van der Waals surface area contributed by atoms with Gasteiger partial charge in [0.2, 0.25) is 11.8 Å². The largest absolute Gasteiger partial charge is 0.349 e. The van der Waals surface area contributed by atoms with E-state index in [2.05, 4.69) is 41.3 Å². The fraction of sp³-hybridized carbons (Fsp3) is 0.188. The lowest BCUT2D eigenvalue weighted by Crippen LogP contribution is -2.42. The molecule has 0 saturated carbocycles. The molecule has 36 heavy (non-hydrogen) atoms. The lowest BCUT2D eigenvalue weighted by Gasteiger charge is -2.45. The molecule has 0 aromatic heterocycles. The third-order valence-electron chi connectivity index (χ3n) is 8.19. The van der Waals surface area contributed by atoms with E-state index in [9.17, 15) is 9.59 Å². The third kappa shape index (κ3) is 3.07. The first-order valence-electron chi connectivity index (χ1n) is 12.6. The molecule has 1 fully saturated rings. The Bertz CT molecular complexity index is 1350. The molecule has 0 N–H and O–H groups in total. The molecule has 4 aromatic rings. The first-order valence-corrected chi connectivity index (χ1v) is 12.6. The molecule has 2 amide bonds. The zero-order valence-electron chi connectivity index (χ0n) is 19.8. The highest BCUT2D eigenvalue weighted by Gasteiger charge is 2.61. The number of benzene rings is 4. The van der Waals surface area contributed by atoms with Crippen LogP contribution in [0.1, 0.15) is 39.7 Å². The van der Waals surface area contributed by atoms with Crippen LogP contribution in [0.4, 0.5) is 5.69 Å². The van der Waals surface area contributed by atoms with Crippen LogP contribution in [0.5, 0.6) is 0 Å². The zero-order valence-corrected chi connectivity index (χ0v) is 19.8. The molecule has 2 bridgehead atoms. The fourth-order valence-corrected chi connectivity index (χ4v) is 6.71. The standard InChI is InChI=1S/C32H26N2O2/c35-31-29-27-23-15-7-8-16-24(23)28(26-18-10-9-17-25(26)27)30(29)32(36)34(31)20-33(22-13-5-2-6-14-22)19-21-11-3-1-4-12-21/h1-18,27-30H,19-20H2/t27?,28?,29-,30+. The van der Waals surface area contributed by atoms with Crippen molar-refractivity contribution in [2.45, 2.75) is 18.4 Å².